The van der Waals surface area contributed by atoms with Crippen molar-refractivity contribution in [1.29, 1.82) is 0 Å². The smallest absolute Gasteiger partial charge is 0.0841 e. The van der Waals surface area contributed by atoms with Crippen molar-refractivity contribution in [2.75, 3.05) is 6.61 Å². The highest BCUT2D eigenvalue weighted by molar-refractivity contribution is 4.84. The molecule has 1 N–H and O–H groups in total. The fraction of sp³-hybridized carbons (Fsp3) is 1.00. The summed E-state index contributed by atoms with van der Waals surface area (Å²) in [6.45, 7) is 2.60. The van der Waals surface area contributed by atoms with E-state index in [1.807, 2.05) is 0 Å². The lowest BCUT2D eigenvalue weighted by Crippen LogP contribution is -1.94. The van der Waals surface area contributed by atoms with E-state index in [2.05, 4.69) is 6.92 Å². The Hall–Kier alpha value is -0.0800. The van der Waals surface area contributed by atoms with Gasteiger partial charge in [0.2, 0.25) is 0 Å². The van der Waals surface area contributed by atoms with Crippen molar-refractivity contribution in [2.45, 2.75) is 83.3 Å². The molecule has 0 bridgehead atoms. The second kappa shape index (κ2) is 9.00. The normalized spacial score (nSPS) is 23.6. The fourth-order valence-electron chi connectivity index (χ4n) is 2.27. The topological polar surface area (TPSA) is 32.8 Å². The Labute approximate surface area is 100 Å². The van der Waals surface area contributed by atoms with Gasteiger partial charge in [-0.1, -0.05) is 51.9 Å². The minimum Gasteiger partial charge on any atom is -0.396 e. The largest absolute Gasteiger partial charge is 0.396 e. The van der Waals surface area contributed by atoms with Crippen LogP contribution in [0.5, 0.6) is 0 Å². The van der Waals surface area contributed by atoms with Gasteiger partial charge in [0.1, 0.15) is 0 Å². The van der Waals surface area contributed by atoms with Crippen LogP contribution >= 0.6 is 0 Å². The van der Waals surface area contributed by atoms with E-state index in [-0.39, 0.29) is 0 Å². The van der Waals surface area contributed by atoms with Gasteiger partial charge in [0, 0.05) is 6.61 Å². The molecule has 96 valence electrons. The van der Waals surface area contributed by atoms with E-state index in [1.54, 1.807) is 0 Å². The first-order valence-corrected chi connectivity index (χ1v) is 7.14. The van der Waals surface area contributed by atoms with Gasteiger partial charge in [-0.15, -0.1) is 0 Å². The average molecular weight is 228 g/mol. The molecule has 1 rings (SSSR count). The molecule has 0 aliphatic carbocycles. The zero-order chi connectivity index (χ0) is 11.6. The molecule has 1 aliphatic rings. The van der Waals surface area contributed by atoms with Gasteiger partial charge < -0.3 is 9.84 Å². The Morgan fingerprint density at radius 1 is 0.812 bits per heavy atom. The molecule has 0 spiro atoms. The molecule has 0 aromatic heterocycles. The summed E-state index contributed by atoms with van der Waals surface area (Å²) >= 11 is 0. The molecular weight excluding hydrogens is 200 g/mol. The molecule has 0 aromatic carbocycles. The minimum atomic E-state index is 0.352. The molecule has 1 fully saturated rings. The van der Waals surface area contributed by atoms with Crippen molar-refractivity contribution in [1.82, 2.24) is 0 Å². The Kier molecular flexibility index (Phi) is 7.87. The summed E-state index contributed by atoms with van der Waals surface area (Å²) in [5.41, 5.74) is 0. The van der Waals surface area contributed by atoms with Gasteiger partial charge in [0.25, 0.3) is 0 Å². The lowest BCUT2D eigenvalue weighted by molar-refractivity contribution is 0.282. The van der Waals surface area contributed by atoms with Crippen LogP contribution in [-0.4, -0.2) is 23.9 Å². The molecule has 0 radical (unpaired) electrons. The molecule has 16 heavy (non-hydrogen) atoms. The van der Waals surface area contributed by atoms with Crippen LogP contribution in [0.25, 0.3) is 0 Å². The number of hydrogen-bond donors (Lipinski definition) is 1. The summed E-state index contributed by atoms with van der Waals surface area (Å²) in [5.74, 6) is 0. The van der Waals surface area contributed by atoms with Crippen LogP contribution in [0.3, 0.4) is 0 Å². The maximum Gasteiger partial charge on any atom is 0.0841 e. The third-order valence-corrected chi connectivity index (χ3v) is 3.43. The molecule has 1 heterocycles. The number of rotatable bonds is 11. The van der Waals surface area contributed by atoms with E-state index in [9.17, 15) is 0 Å². The molecule has 2 atom stereocenters. The highest BCUT2D eigenvalue weighted by Crippen LogP contribution is 2.31. The first-order chi connectivity index (χ1) is 7.88. The quantitative estimate of drug-likeness (QED) is 0.432. The predicted molar refractivity (Wildman–Crippen MR) is 67.6 cm³/mol. The van der Waals surface area contributed by atoms with Crippen molar-refractivity contribution in [3.05, 3.63) is 0 Å². The maximum atomic E-state index is 8.64. The number of aliphatic hydroxyl groups excluding tert-OH is 1. The fourth-order valence-corrected chi connectivity index (χ4v) is 2.27. The van der Waals surface area contributed by atoms with E-state index in [4.69, 9.17) is 9.84 Å². The lowest BCUT2D eigenvalue weighted by Gasteiger charge is -1.98. The van der Waals surface area contributed by atoms with Crippen molar-refractivity contribution < 1.29 is 9.84 Å². The second-order valence-electron chi connectivity index (χ2n) is 4.99. The van der Waals surface area contributed by atoms with Gasteiger partial charge in [-0.25, -0.2) is 0 Å². The highest BCUT2D eigenvalue weighted by atomic mass is 16.6. The van der Waals surface area contributed by atoms with E-state index in [1.165, 1.54) is 57.8 Å². The van der Waals surface area contributed by atoms with Crippen LogP contribution in [0.2, 0.25) is 0 Å². The summed E-state index contributed by atoms with van der Waals surface area (Å²) in [6.07, 6.45) is 13.8. The number of hydrogen-bond acceptors (Lipinski definition) is 2. The van der Waals surface area contributed by atoms with E-state index in [0.29, 0.717) is 18.8 Å². The third-order valence-electron chi connectivity index (χ3n) is 3.43. The second-order valence-corrected chi connectivity index (χ2v) is 4.99. The summed E-state index contributed by atoms with van der Waals surface area (Å²) < 4.78 is 5.65. The number of epoxide rings is 1. The van der Waals surface area contributed by atoms with Crippen molar-refractivity contribution in [2.24, 2.45) is 0 Å². The maximum absolute atomic E-state index is 8.64. The monoisotopic (exact) mass is 228 g/mol. The summed E-state index contributed by atoms with van der Waals surface area (Å²) in [6, 6.07) is 0. The molecule has 0 saturated carbocycles. The Morgan fingerprint density at radius 2 is 1.38 bits per heavy atom. The Balaban J connectivity index is 1.78. The summed E-state index contributed by atoms with van der Waals surface area (Å²) in [5, 5.41) is 8.64. The van der Waals surface area contributed by atoms with Crippen molar-refractivity contribution in [3.8, 4) is 0 Å². The van der Waals surface area contributed by atoms with Gasteiger partial charge in [-0.3, -0.25) is 0 Å². The molecule has 1 aliphatic heterocycles. The van der Waals surface area contributed by atoms with E-state index < -0.39 is 0 Å². The molecule has 2 nitrogen and oxygen atoms in total. The minimum absolute atomic E-state index is 0.352. The van der Waals surface area contributed by atoms with E-state index >= 15 is 0 Å². The molecule has 2 heteroatoms. The third kappa shape index (κ3) is 6.49. The Morgan fingerprint density at radius 3 is 2.00 bits per heavy atom. The number of ether oxygens (including phenoxy) is 1. The van der Waals surface area contributed by atoms with Gasteiger partial charge >= 0.3 is 0 Å². The van der Waals surface area contributed by atoms with Gasteiger partial charge in [-0.2, -0.15) is 0 Å². The predicted octanol–water partition coefficient (Wildman–Crippen LogP) is 3.67. The lowest BCUT2D eigenvalue weighted by atomic mass is 10.1. The van der Waals surface area contributed by atoms with Crippen molar-refractivity contribution >= 4 is 0 Å². The van der Waals surface area contributed by atoms with Gasteiger partial charge in [0.15, 0.2) is 0 Å². The summed E-state index contributed by atoms with van der Waals surface area (Å²) in [4.78, 5) is 0. The van der Waals surface area contributed by atoms with Crippen molar-refractivity contribution in [3.63, 3.8) is 0 Å². The average Bonchev–Trinajstić information content (AvgIpc) is 3.03. The first-order valence-electron chi connectivity index (χ1n) is 7.14. The van der Waals surface area contributed by atoms with Crippen LogP contribution in [0.15, 0.2) is 0 Å². The standard InChI is InChI=1S/C14H28O2/c1-2-3-7-10-13-14(16-13)11-8-5-4-6-9-12-15/h13-15H,2-12H2,1H3. The number of unbranched alkanes of at least 4 members (excludes halogenated alkanes) is 6. The van der Waals surface area contributed by atoms with Crippen LogP contribution in [-0.2, 0) is 4.74 Å². The van der Waals surface area contributed by atoms with Crippen LogP contribution < -0.4 is 0 Å². The molecular formula is C14H28O2. The zero-order valence-electron chi connectivity index (χ0n) is 10.8. The van der Waals surface area contributed by atoms with Crippen LogP contribution in [0.4, 0.5) is 0 Å². The zero-order valence-corrected chi connectivity index (χ0v) is 10.8. The summed E-state index contributed by atoms with van der Waals surface area (Å²) in [7, 11) is 0. The molecule has 0 aromatic rings. The SMILES string of the molecule is CCCCCC1OC1CCCCCCCO. The van der Waals surface area contributed by atoms with Crippen LogP contribution in [0, 0.1) is 0 Å². The Bertz CT molecular complexity index is 159. The number of aliphatic hydroxyl groups is 1. The van der Waals surface area contributed by atoms with E-state index in [0.717, 1.165) is 6.42 Å². The molecule has 2 unspecified atom stereocenters. The molecule has 1 saturated heterocycles. The highest BCUT2D eigenvalue weighted by Gasteiger charge is 2.36. The van der Waals surface area contributed by atoms with Crippen LogP contribution in [0.1, 0.15) is 71.1 Å². The first kappa shape index (κ1) is 14.0. The van der Waals surface area contributed by atoms with Gasteiger partial charge in [-0.05, 0) is 19.3 Å². The molecule has 0 amide bonds. The van der Waals surface area contributed by atoms with Gasteiger partial charge in [0.05, 0.1) is 12.2 Å².